The van der Waals surface area contributed by atoms with E-state index in [-0.39, 0.29) is 5.69 Å². The number of aromatic carboxylic acids is 1. The van der Waals surface area contributed by atoms with E-state index in [4.69, 9.17) is 9.84 Å². The highest BCUT2D eigenvalue weighted by molar-refractivity contribution is 9.10. The summed E-state index contributed by atoms with van der Waals surface area (Å²) in [5.41, 5.74) is 1.11. The molecule has 0 aliphatic heterocycles. The second-order valence-corrected chi connectivity index (χ2v) is 4.20. The summed E-state index contributed by atoms with van der Waals surface area (Å²) in [4.78, 5) is 11.0. The first-order valence-corrected chi connectivity index (χ1v) is 5.40. The van der Waals surface area contributed by atoms with Crippen molar-refractivity contribution in [3.63, 3.8) is 0 Å². The van der Waals surface area contributed by atoms with E-state index in [1.807, 2.05) is 6.07 Å². The normalized spacial score (nSPS) is 10.7. The van der Waals surface area contributed by atoms with Crippen LogP contribution in [0.5, 0.6) is 5.75 Å². The number of carboxylic acid groups (broad SMARTS) is 1. The molecule has 4 nitrogen and oxygen atoms in total. The third kappa shape index (κ3) is 1.48. The molecule has 1 heterocycles. The molecule has 5 heteroatoms. The molecule has 16 heavy (non-hydrogen) atoms. The summed E-state index contributed by atoms with van der Waals surface area (Å²) >= 11 is 3.41. The molecular weight excluding hydrogens is 274 g/mol. The van der Waals surface area contributed by atoms with Crippen molar-refractivity contribution < 1.29 is 14.6 Å². The number of methoxy groups -OCH3 is 1. The Morgan fingerprint density at radius 3 is 2.75 bits per heavy atom. The number of rotatable bonds is 2. The van der Waals surface area contributed by atoms with Crippen LogP contribution in [0, 0.1) is 0 Å². The van der Waals surface area contributed by atoms with Crippen molar-refractivity contribution in [1.82, 2.24) is 4.57 Å². The predicted molar refractivity (Wildman–Crippen MR) is 64.1 cm³/mol. The number of ether oxygens (including phenoxy) is 1. The standard InChI is InChI=1S/C11H10BrNO3/c1-13-7-3-4-9(16-2)10(12)6(7)5-8(13)11(14)15/h3-5H,1-2H3,(H,14,15). The third-order valence-electron chi connectivity index (χ3n) is 2.56. The van der Waals surface area contributed by atoms with E-state index in [0.717, 1.165) is 15.4 Å². The zero-order valence-corrected chi connectivity index (χ0v) is 10.4. The number of carboxylic acids is 1. The van der Waals surface area contributed by atoms with Crippen LogP contribution in [-0.4, -0.2) is 22.8 Å². The van der Waals surface area contributed by atoms with Gasteiger partial charge in [-0.2, -0.15) is 0 Å². The lowest BCUT2D eigenvalue weighted by Gasteiger charge is -2.04. The summed E-state index contributed by atoms with van der Waals surface area (Å²) in [7, 11) is 3.30. The summed E-state index contributed by atoms with van der Waals surface area (Å²) < 4.78 is 7.57. The largest absolute Gasteiger partial charge is 0.496 e. The lowest BCUT2D eigenvalue weighted by atomic mass is 10.2. The van der Waals surface area contributed by atoms with Crippen molar-refractivity contribution in [1.29, 1.82) is 0 Å². The molecule has 1 aromatic heterocycles. The monoisotopic (exact) mass is 283 g/mol. The SMILES string of the molecule is COc1ccc2c(cc(C(=O)O)n2C)c1Br. The van der Waals surface area contributed by atoms with Gasteiger partial charge in [-0.1, -0.05) is 0 Å². The topological polar surface area (TPSA) is 51.5 Å². The van der Waals surface area contributed by atoms with Gasteiger partial charge in [0.25, 0.3) is 0 Å². The Labute approximate surface area is 101 Å². The van der Waals surface area contributed by atoms with Crippen LogP contribution < -0.4 is 4.74 Å². The van der Waals surface area contributed by atoms with Crippen molar-refractivity contribution >= 4 is 32.8 Å². The Morgan fingerprint density at radius 2 is 2.19 bits per heavy atom. The number of benzene rings is 1. The predicted octanol–water partition coefficient (Wildman–Crippen LogP) is 2.65. The molecule has 0 spiro atoms. The summed E-state index contributed by atoms with van der Waals surface area (Å²) in [5.74, 6) is -0.250. The highest BCUT2D eigenvalue weighted by atomic mass is 79.9. The quantitative estimate of drug-likeness (QED) is 0.922. The fourth-order valence-corrected chi connectivity index (χ4v) is 2.33. The van der Waals surface area contributed by atoms with Gasteiger partial charge in [0.2, 0.25) is 0 Å². The minimum absolute atomic E-state index is 0.254. The van der Waals surface area contributed by atoms with E-state index >= 15 is 0 Å². The Kier molecular flexibility index (Phi) is 2.63. The lowest BCUT2D eigenvalue weighted by molar-refractivity contribution is 0.0687. The first kappa shape index (κ1) is 11.0. The summed E-state index contributed by atoms with van der Waals surface area (Å²) in [6, 6.07) is 5.27. The van der Waals surface area contributed by atoms with Gasteiger partial charge in [0, 0.05) is 18.0 Å². The van der Waals surface area contributed by atoms with Gasteiger partial charge >= 0.3 is 5.97 Å². The molecular formula is C11H10BrNO3. The molecule has 0 saturated heterocycles. The van der Waals surface area contributed by atoms with E-state index < -0.39 is 5.97 Å². The van der Waals surface area contributed by atoms with Gasteiger partial charge < -0.3 is 14.4 Å². The van der Waals surface area contributed by atoms with Crippen LogP contribution in [0.25, 0.3) is 10.9 Å². The molecule has 0 fully saturated rings. The number of halogens is 1. The lowest BCUT2D eigenvalue weighted by Crippen LogP contribution is -2.03. The number of nitrogens with zero attached hydrogens (tertiary/aromatic N) is 1. The van der Waals surface area contributed by atoms with Crippen molar-refractivity contribution in [3.8, 4) is 5.75 Å². The summed E-state index contributed by atoms with van der Waals surface area (Å²) in [5, 5.41) is 9.85. The smallest absolute Gasteiger partial charge is 0.352 e. The first-order chi connectivity index (χ1) is 7.56. The maximum Gasteiger partial charge on any atom is 0.352 e. The number of aryl methyl sites for hydroxylation is 1. The fourth-order valence-electron chi connectivity index (χ4n) is 1.72. The molecule has 2 aromatic rings. The molecule has 1 aromatic carbocycles. The average Bonchev–Trinajstić information content (AvgIpc) is 2.58. The van der Waals surface area contributed by atoms with Crippen LogP contribution in [0.15, 0.2) is 22.7 Å². The number of hydrogen-bond acceptors (Lipinski definition) is 2. The van der Waals surface area contributed by atoms with Gasteiger partial charge in [-0.15, -0.1) is 0 Å². The van der Waals surface area contributed by atoms with E-state index in [1.165, 1.54) is 0 Å². The molecule has 0 aliphatic rings. The van der Waals surface area contributed by atoms with E-state index in [2.05, 4.69) is 15.9 Å². The van der Waals surface area contributed by atoms with Gasteiger partial charge in [-0.25, -0.2) is 4.79 Å². The van der Waals surface area contributed by atoms with Crippen LogP contribution >= 0.6 is 15.9 Å². The van der Waals surface area contributed by atoms with E-state index in [9.17, 15) is 4.79 Å². The van der Waals surface area contributed by atoms with Gasteiger partial charge in [0.05, 0.1) is 11.6 Å². The minimum atomic E-state index is -0.940. The summed E-state index contributed by atoms with van der Waals surface area (Å²) in [6.07, 6.45) is 0. The second-order valence-electron chi connectivity index (χ2n) is 3.41. The van der Waals surface area contributed by atoms with Crippen molar-refractivity contribution in [2.45, 2.75) is 0 Å². The molecule has 0 amide bonds. The zero-order valence-electron chi connectivity index (χ0n) is 8.82. The van der Waals surface area contributed by atoms with Crippen LogP contribution in [0.3, 0.4) is 0 Å². The zero-order chi connectivity index (χ0) is 11.9. The molecule has 0 aliphatic carbocycles. The summed E-state index contributed by atoms with van der Waals surface area (Å²) in [6.45, 7) is 0. The number of aromatic nitrogens is 1. The Morgan fingerprint density at radius 1 is 1.50 bits per heavy atom. The molecule has 0 atom stereocenters. The van der Waals surface area contributed by atoms with Gasteiger partial charge in [-0.05, 0) is 34.1 Å². The molecule has 84 valence electrons. The van der Waals surface area contributed by atoms with Crippen LogP contribution in [0.4, 0.5) is 0 Å². The van der Waals surface area contributed by atoms with Gasteiger partial charge in [-0.3, -0.25) is 0 Å². The Bertz CT molecular complexity index is 574. The molecule has 2 rings (SSSR count). The molecule has 0 unspecified atom stereocenters. The van der Waals surface area contributed by atoms with Crippen LogP contribution in [-0.2, 0) is 7.05 Å². The van der Waals surface area contributed by atoms with E-state index in [1.54, 1.807) is 30.9 Å². The van der Waals surface area contributed by atoms with Crippen molar-refractivity contribution in [3.05, 3.63) is 28.4 Å². The fraction of sp³-hybridized carbons (Fsp3) is 0.182. The second kappa shape index (κ2) is 3.83. The van der Waals surface area contributed by atoms with E-state index in [0.29, 0.717) is 5.75 Å². The maximum absolute atomic E-state index is 11.0. The number of carbonyl (C=O) groups is 1. The molecule has 1 N–H and O–H groups in total. The average molecular weight is 284 g/mol. The highest BCUT2D eigenvalue weighted by Crippen LogP contribution is 2.34. The minimum Gasteiger partial charge on any atom is -0.496 e. The highest BCUT2D eigenvalue weighted by Gasteiger charge is 2.15. The maximum atomic E-state index is 11.0. The Hall–Kier alpha value is -1.49. The third-order valence-corrected chi connectivity index (χ3v) is 3.38. The first-order valence-electron chi connectivity index (χ1n) is 4.61. The van der Waals surface area contributed by atoms with Gasteiger partial charge in [0.15, 0.2) is 0 Å². The van der Waals surface area contributed by atoms with Gasteiger partial charge in [0.1, 0.15) is 11.4 Å². The molecule has 0 bridgehead atoms. The van der Waals surface area contributed by atoms with Crippen LogP contribution in [0.2, 0.25) is 0 Å². The molecule has 0 saturated carbocycles. The number of fused-ring (bicyclic) bond motifs is 1. The van der Waals surface area contributed by atoms with Crippen molar-refractivity contribution in [2.24, 2.45) is 7.05 Å². The Balaban J connectivity index is 2.81. The van der Waals surface area contributed by atoms with Crippen LogP contribution in [0.1, 0.15) is 10.5 Å². The molecule has 0 radical (unpaired) electrons. The van der Waals surface area contributed by atoms with Crippen molar-refractivity contribution in [2.75, 3.05) is 7.11 Å². The number of hydrogen-bond donors (Lipinski definition) is 1.